The maximum absolute atomic E-state index is 11.8. The number of aromatic nitrogens is 1. The Labute approximate surface area is 74.5 Å². The second kappa shape index (κ2) is 4.02. The molecule has 0 saturated carbocycles. The summed E-state index contributed by atoms with van der Waals surface area (Å²) in [6, 6.07) is 1.69. The van der Waals surface area contributed by atoms with Gasteiger partial charge in [0.1, 0.15) is 0 Å². The van der Waals surface area contributed by atoms with E-state index in [1.807, 2.05) is 0 Å². The van der Waals surface area contributed by atoms with Crippen LogP contribution in [0.15, 0.2) is 12.3 Å². The molecule has 0 aromatic carbocycles. The average molecular weight is 188 g/mol. The van der Waals surface area contributed by atoms with E-state index in [0.717, 1.165) is 5.56 Å². The van der Waals surface area contributed by atoms with Gasteiger partial charge in [-0.25, -0.2) is 13.8 Å². The van der Waals surface area contributed by atoms with Crippen molar-refractivity contribution in [2.75, 3.05) is 12.3 Å². The first-order valence-corrected chi connectivity index (χ1v) is 3.73. The molecule has 3 nitrogen and oxygen atoms in total. The minimum Gasteiger partial charge on any atom is -0.470 e. The first-order chi connectivity index (χ1) is 6.11. The zero-order valence-corrected chi connectivity index (χ0v) is 7.13. The van der Waals surface area contributed by atoms with E-state index in [9.17, 15) is 8.78 Å². The van der Waals surface area contributed by atoms with Crippen molar-refractivity contribution in [3.63, 3.8) is 0 Å². The fourth-order valence-electron chi connectivity index (χ4n) is 0.802. The predicted molar refractivity (Wildman–Crippen MR) is 44.9 cm³/mol. The summed E-state index contributed by atoms with van der Waals surface area (Å²) in [6.07, 6.45) is -1.05. The molecule has 0 radical (unpaired) electrons. The molecule has 72 valence electrons. The fourth-order valence-corrected chi connectivity index (χ4v) is 0.802. The van der Waals surface area contributed by atoms with Gasteiger partial charge in [-0.1, -0.05) is 0 Å². The number of nitrogen functional groups attached to an aromatic ring is 1. The maximum Gasteiger partial charge on any atom is 0.272 e. The monoisotopic (exact) mass is 188 g/mol. The Morgan fingerprint density at radius 1 is 1.62 bits per heavy atom. The van der Waals surface area contributed by atoms with Gasteiger partial charge in [-0.3, -0.25) is 0 Å². The molecule has 0 atom stereocenters. The van der Waals surface area contributed by atoms with Crippen LogP contribution in [0.4, 0.5) is 14.5 Å². The number of halogens is 2. The van der Waals surface area contributed by atoms with Crippen molar-refractivity contribution in [3.05, 3.63) is 17.8 Å². The zero-order chi connectivity index (χ0) is 9.84. The van der Waals surface area contributed by atoms with Gasteiger partial charge in [-0.2, -0.15) is 0 Å². The Morgan fingerprint density at radius 2 is 2.31 bits per heavy atom. The van der Waals surface area contributed by atoms with Crippen LogP contribution >= 0.6 is 0 Å². The lowest BCUT2D eigenvalue weighted by Gasteiger charge is -2.07. The van der Waals surface area contributed by atoms with Crippen molar-refractivity contribution < 1.29 is 13.5 Å². The van der Waals surface area contributed by atoms with Crippen LogP contribution < -0.4 is 10.5 Å². The third kappa shape index (κ3) is 2.54. The normalized spacial score (nSPS) is 10.5. The van der Waals surface area contributed by atoms with E-state index in [4.69, 9.17) is 10.5 Å². The highest BCUT2D eigenvalue weighted by Crippen LogP contribution is 2.21. The maximum atomic E-state index is 11.8. The molecule has 0 aliphatic rings. The molecule has 13 heavy (non-hydrogen) atoms. The second-order valence-electron chi connectivity index (χ2n) is 2.55. The van der Waals surface area contributed by atoms with E-state index in [1.54, 1.807) is 13.0 Å². The summed E-state index contributed by atoms with van der Waals surface area (Å²) in [6.45, 7) is 1.08. The molecule has 0 amide bonds. The quantitative estimate of drug-likeness (QED) is 0.784. The molecule has 2 N–H and O–H groups in total. The van der Waals surface area contributed by atoms with Gasteiger partial charge in [0.05, 0.1) is 5.69 Å². The lowest BCUT2D eigenvalue weighted by molar-refractivity contribution is 0.0800. The number of nitrogens with two attached hydrogens (primary N) is 1. The number of anilines is 1. The molecule has 1 heterocycles. The number of rotatable bonds is 3. The fraction of sp³-hybridized carbons (Fsp3) is 0.375. The Morgan fingerprint density at radius 3 is 2.92 bits per heavy atom. The number of aryl methyl sites for hydroxylation is 1. The summed E-state index contributed by atoms with van der Waals surface area (Å²) >= 11 is 0. The summed E-state index contributed by atoms with van der Waals surface area (Å²) in [5, 5.41) is 0. The van der Waals surface area contributed by atoms with Crippen molar-refractivity contribution in [2.45, 2.75) is 13.3 Å². The molecule has 0 aliphatic heterocycles. The van der Waals surface area contributed by atoms with Gasteiger partial charge in [0.2, 0.25) is 5.88 Å². The second-order valence-corrected chi connectivity index (χ2v) is 2.55. The minimum atomic E-state index is -2.51. The average Bonchev–Trinajstić information content (AvgIpc) is 2.07. The molecule has 0 bridgehead atoms. The minimum absolute atomic E-state index is 0.0697. The van der Waals surface area contributed by atoms with Crippen molar-refractivity contribution in [2.24, 2.45) is 0 Å². The van der Waals surface area contributed by atoms with Gasteiger partial charge >= 0.3 is 0 Å². The molecule has 0 saturated heterocycles. The molecular weight excluding hydrogens is 178 g/mol. The number of pyridine rings is 1. The number of alkyl halides is 2. The molecule has 5 heteroatoms. The third-order valence-electron chi connectivity index (χ3n) is 1.52. The van der Waals surface area contributed by atoms with E-state index in [2.05, 4.69) is 4.98 Å². The lowest BCUT2D eigenvalue weighted by atomic mass is 10.2. The molecule has 0 aliphatic carbocycles. The number of hydrogen-bond acceptors (Lipinski definition) is 3. The molecule has 0 fully saturated rings. The standard InChI is InChI=1S/C8H10F2N2O/c1-5-2-3-12-8(7(5)11)13-4-6(9)10/h2-3,6H,4,11H2,1H3. The van der Waals surface area contributed by atoms with E-state index in [-0.39, 0.29) is 5.88 Å². The van der Waals surface area contributed by atoms with Crippen molar-refractivity contribution in [1.82, 2.24) is 4.98 Å². The van der Waals surface area contributed by atoms with E-state index < -0.39 is 13.0 Å². The largest absolute Gasteiger partial charge is 0.470 e. The third-order valence-corrected chi connectivity index (χ3v) is 1.52. The van der Waals surface area contributed by atoms with Crippen LogP contribution in [0.25, 0.3) is 0 Å². The van der Waals surface area contributed by atoms with Crippen LogP contribution in [0.1, 0.15) is 5.56 Å². The van der Waals surface area contributed by atoms with Crippen LogP contribution in [0, 0.1) is 6.92 Å². The van der Waals surface area contributed by atoms with Crippen LogP contribution in [-0.4, -0.2) is 18.0 Å². The summed E-state index contributed by atoms with van der Waals surface area (Å²) in [5.74, 6) is 0.0697. The molecule has 1 aromatic heterocycles. The van der Waals surface area contributed by atoms with Gasteiger partial charge < -0.3 is 10.5 Å². The molecule has 0 spiro atoms. The summed E-state index contributed by atoms with van der Waals surface area (Å²) in [7, 11) is 0. The highest BCUT2D eigenvalue weighted by molar-refractivity contribution is 5.53. The van der Waals surface area contributed by atoms with E-state index in [0.29, 0.717) is 5.69 Å². The van der Waals surface area contributed by atoms with E-state index >= 15 is 0 Å². The van der Waals surface area contributed by atoms with Gasteiger partial charge in [0.25, 0.3) is 6.43 Å². The van der Waals surface area contributed by atoms with Crippen LogP contribution in [0.5, 0.6) is 5.88 Å². The Hall–Kier alpha value is -1.39. The molecular formula is C8H10F2N2O. The number of ether oxygens (including phenoxy) is 1. The Bertz CT molecular complexity index is 291. The highest BCUT2D eigenvalue weighted by atomic mass is 19.3. The smallest absolute Gasteiger partial charge is 0.272 e. The number of nitrogens with zero attached hydrogens (tertiary/aromatic N) is 1. The highest BCUT2D eigenvalue weighted by Gasteiger charge is 2.08. The lowest BCUT2D eigenvalue weighted by Crippen LogP contribution is -2.09. The molecule has 0 unspecified atom stereocenters. The first kappa shape index (κ1) is 9.70. The summed E-state index contributed by atoms with van der Waals surface area (Å²) in [4.78, 5) is 3.73. The SMILES string of the molecule is Cc1ccnc(OCC(F)F)c1N. The first-order valence-electron chi connectivity index (χ1n) is 3.73. The van der Waals surface area contributed by atoms with Crippen molar-refractivity contribution in [3.8, 4) is 5.88 Å². The van der Waals surface area contributed by atoms with Gasteiger partial charge in [0.15, 0.2) is 6.61 Å². The van der Waals surface area contributed by atoms with Crippen LogP contribution in [0.2, 0.25) is 0 Å². The molecule has 1 aromatic rings. The summed E-state index contributed by atoms with van der Waals surface area (Å²) < 4.78 is 28.2. The van der Waals surface area contributed by atoms with Gasteiger partial charge in [0, 0.05) is 6.20 Å². The van der Waals surface area contributed by atoms with Crippen LogP contribution in [0.3, 0.4) is 0 Å². The predicted octanol–water partition coefficient (Wildman–Crippen LogP) is 1.62. The molecule has 1 rings (SSSR count). The van der Waals surface area contributed by atoms with Crippen molar-refractivity contribution >= 4 is 5.69 Å². The van der Waals surface area contributed by atoms with Crippen LogP contribution in [-0.2, 0) is 0 Å². The topological polar surface area (TPSA) is 48.1 Å². The van der Waals surface area contributed by atoms with Gasteiger partial charge in [-0.05, 0) is 18.6 Å². The van der Waals surface area contributed by atoms with Gasteiger partial charge in [-0.15, -0.1) is 0 Å². The Kier molecular flexibility index (Phi) is 3.00. The Balaban J connectivity index is 2.71. The number of hydrogen-bond donors (Lipinski definition) is 1. The zero-order valence-electron chi connectivity index (χ0n) is 7.13. The van der Waals surface area contributed by atoms with E-state index in [1.165, 1.54) is 6.20 Å². The summed E-state index contributed by atoms with van der Waals surface area (Å²) in [5.41, 5.74) is 6.61. The van der Waals surface area contributed by atoms with Crippen molar-refractivity contribution in [1.29, 1.82) is 0 Å².